The number of amidine groups is 1. The zero-order valence-corrected chi connectivity index (χ0v) is 15.2. The molecule has 6 nitrogen and oxygen atoms in total. The number of nitrogens with zero attached hydrogens (tertiary/aromatic N) is 1. The molecule has 0 aromatic heterocycles. The highest BCUT2D eigenvalue weighted by atomic mass is 35.5. The van der Waals surface area contributed by atoms with E-state index in [0.29, 0.717) is 11.4 Å². The SMILES string of the molecule is COc1ccc(S(=O)(=O)Nc2cccc(C3=NCCCN3)c2)cc1Cl. The van der Waals surface area contributed by atoms with Gasteiger partial charge in [-0.25, -0.2) is 8.42 Å². The Labute approximate surface area is 151 Å². The third kappa shape index (κ3) is 4.05. The van der Waals surface area contributed by atoms with Crippen LogP contribution in [0.2, 0.25) is 5.02 Å². The van der Waals surface area contributed by atoms with Crippen LogP contribution in [0, 0.1) is 0 Å². The van der Waals surface area contributed by atoms with Gasteiger partial charge >= 0.3 is 0 Å². The van der Waals surface area contributed by atoms with Crippen LogP contribution < -0.4 is 14.8 Å². The molecule has 1 aliphatic rings. The smallest absolute Gasteiger partial charge is 0.261 e. The maximum atomic E-state index is 12.6. The number of benzene rings is 2. The summed E-state index contributed by atoms with van der Waals surface area (Å²) in [5.74, 6) is 1.20. The maximum absolute atomic E-state index is 12.6. The molecule has 25 heavy (non-hydrogen) atoms. The lowest BCUT2D eigenvalue weighted by Crippen LogP contribution is -2.30. The van der Waals surface area contributed by atoms with E-state index in [1.807, 2.05) is 6.07 Å². The molecule has 0 saturated heterocycles. The molecular weight excluding hydrogens is 362 g/mol. The summed E-state index contributed by atoms with van der Waals surface area (Å²) in [5.41, 5.74) is 1.30. The van der Waals surface area contributed by atoms with Crippen molar-refractivity contribution in [3.8, 4) is 5.75 Å². The number of hydrogen-bond donors (Lipinski definition) is 2. The third-order valence-corrected chi connectivity index (χ3v) is 5.39. The molecule has 1 aliphatic heterocycles. The van der Waals surface area contributed by atoms with E-state index < -0.39 is 10.0 Å². The Morgan fingerprint density at radius 1 is 1.24 bits per heavy atom. The molecule has 0 unspecified atom stereocenters. The fourth-order valence-electron chi connectivity index (χ4n) is 2.48. The summed E-state index contributed by atoms with van der Waals surface area (Å²) in [6.45, 7) is 1.63. The Morgan fingerprint density at radius 3 is 2.76 bits per heavy atom. The first kappa shape index (κ1) is 17.6. The first-order chi connectivity index (χ1) is 12.0. The molecule has 2 aromatic carbocycles. The van der Waals surface area contributed by atoms with Gasteiger partial charge in [0.1, 0.15) is 11.6 Å². The summed E-state index contributed by atoms with van der Waals surface area (Å²) in [6, 6.07) is 11.4. The number of halogens is 1. The Hall–Kier alpha value is -2.25. The number of aliphatic imine (C=N–C) groups is 1. The summed E-state index contributed by atoms with van der Waals surface area (Å²) in [7, 11) is -2.29. The number of rotatable bonds is 5. The summed E-state index contributed by atoms with van der Waals surface area (Å²) < 4.78 is 32.8. The third-order valence-electron chi connectivity index (χ3n) is 3.72. The molecule has 8 heteroatoms. The molecule has 0 amide bonds. The largest absolute Gasteiger partial charge is 0.495 e. The molecule has 0 aliphatic carbocycles. The molecule has 0 spiro atoms. The van der Waals surface area contributed by atoms with Crippen molar-refractivity contribution in [2.24, 2.45) is 4.99 Å². The van der Waals surface area contributed by atoms with E-state index in [4.69, 9.17) is 16.3 Å². The molecule has 132 valence electrons. The van der Waals surface area contributed by atoms with Crippen molar-refractivity contribution in [3.63, 3.8) is 0 Å². The minimum Gasteiger partial charge on any atom is -0.495 e. The molecule has 1 heterocycles. The van der Waals surface area contributed by atoms with E-state index >= 15 is 0 Å². The lowest BCUT2D eigenvalue weighted by atomic mass is 10.1. The molecule has 0 radical (unpaired) electrons. The van der Waals surface area contributed by atoms with Crippen molar-refractivity contribution in [1.82, 2.24) is 5.32 Å². The van der Waals surface area contributed by atoms with Gasteiger partial charge in [0, 0.05) is 24.3 Å². The van der Waals surface area contributed by atoms with Gasteiger partial charge < -0.3 is 10.1 Å². The second-order valence-electron chi connectivity index (χ2n) is 5.49. The highest BCUT2D eigenvalue weighted by Gasteiger charge is 2.17. The van der Waals surface area contributed by atoms with E-state index in [0.717, 1.165) is 30.9 Å². The number of nitrogens with one attached hydrogen (secondary N) is 2. The number of hydrogen-bond acceptors (Lipinski definition) is 5. The van der Waals surface area contributed by atoms with Gasteiger partial charge in [-0.1, -0.05) is 23.7 Å². The zero-order chi connectivity index (χ0) is 17.9. The highest BCUT2D eigenvalue weighted by molar-refractivity contribution is 7.92. The fourth-order valence-corrected chi connectivity index (χ4v) is 3.88. The normalized spacial score (nSPS) is 14.4. The first-order valence-electron chi connectivity index (χ1n) is 7.75. The molecule has 2 N–H and O–H groups in total. The lowest BCUT2D eigenvalue weighted by Gasteiger charge is -2.16. The minimum atomic E-state index is -3.76. The molecule has 0 atom stereocenters. The number of ether oxygens (including phenoxy) is 1. The van der Waals surface area contributed by atoms with Crippen LogP contribution in [0.25, 0.3) is 0 Å². The fraction of sp³-hybridized carbons (Fsp3) is 0.235. The van der Waals surface area contributed by atoms with Gasteiger partial charge in [-0.15, -0.1) is 0 Å². The van der Waals surface area contributed by atoms with Crippen LogP contribution in [-0.2, 0) is 10.0 Å². The maximum Gasteiger partial charge on any atom is 0.261 e. The van der Waals surface area contributed by atoms with E-state index in [1.54, 1.807) is 18.2 Å². The van der Waals surface area contributed by atoms with Crippen LogP contribution in [0.1, 0.15) is 12.0 Å². The van der Waals surface area contributed by atoms with Crippen molar-refractivity contribution in [2.45, 2.75) is 11.3 Å². The van der Waals surface area contributed by atoms with Gasteiger partial charge in [0.25, 0.3) is 10.0 Å². The van der Waals surface area contributed by atoms with Gasteiger partial charge in [0.2, 0.25) is 0 Å². The molecule has 2 aromatic rings. The van der Waals surface area contributed by atoms with E-state index in [1.165, 1.54) is 25.3 Å². The van der Waals surface area contributed by atoms with Crippen molar-refractivity contribution >= 4 is 33.1 Å². The zero-order valence-electron chi connectivity index (χ0n) is 13.6. The Kier molecular flexibility index (Phi) is 5.15. The van der Waals surface area contributed by atoms with Crippen molar-refractivity contribution < 1.29 is 13.2 Å². The summed E-state index contributed by atoms with van der Waals surface area (Å²) in [6.07, 6.45) is 0.994. The lowest BCUT2D eigenvalue weighted by molar-refractivity contribution is 0.414. The van der Waals surface area contributed by atoms with Crippen LogP contribution in [0.3, 0.4) is 0 Å². The van der Waals surface area contributed by atoms with E-state index in [9.17, 15) is 8.42 Å². The van der Waals surface area contributed by atoms with Crippen LogP contribution in [0.4, 0.5) is 5.69 Å². The van der Waals surface area contributed by atoms with Crippen molar-refractivity contribution in [3.05, 3.63) is 53.1 Å². The quantitative estimate of drug-likeness (QED) is 0.837. The number of sulfonamides is 1. The van der Waals surface area contributed by atoms with Gasteiger partial charge in [-0.3, -0.25) is 9.71 Å². The van der Waals surface area contributed by atoms with Gasteiger partial charge in [-0.05, 0) is 36.8 Å². The van der Waals surface area contributed by atoms with Crippen molar-refractivity contribution in [2.75, 3.05) is 24.9 Å². The Morgan fingerprint density at radius 2 is 2.08 bits per heavy atom. The van der Waals surface area contributed by atoms with Gasteiger partial charge in [0.05, 0.1) is 17.0 Å². The second-order valence-corrected chi connectivity index (χ2v) is 7.58. The molecule has 0 bridgehead atoms. The predicted octanol–water partition coefficient (Wildman–Crippen LogP) is 2.89. The number of methoxy groups -OCH3 is 1. The topological polar surface area (TPSA) is 79.8 Å². The van der Waals surface area contributed by atoms with Crippen molar-refractivity contribution in [1.29, 1.82) is 0 Å². The molecular formula is C17H18ClN3O3S. The second kappa shape index (κ2) is 7.33. The summed E-state index contributed by atoms with van der Waals surface area (Å²) in [4.78, 5) is 4.49. The molecule has 3 rings (SSSR count). The average Bonchev–Trinajstić information content (AvgIpc) is 2.62. The number of anilines is 1. The standard InChI is InChI=1S/C17H18ClN3O3S/c1-24-16-7-6-14(11-15(16)18)25(22,23)21-13-5-2-4-12(10-13)17-19-8-3-9-20-17/h2,4-7,10-11,21H,3,8-9H2,1H3,(H,19,20). The summed E-state index contributed by atoms with van der Waals surface area (Å²) in [5, 5.41) is 3.45. The van der Waals surface area contributed by atoms with Gasteiger partial charge in [-0.2, -0.15) is 0 Å². The van der Waals surface area contributed by atoms with Crippen LogP contribution in [-0.4, -0.2) is 34.5 Å². The van der Waals surface area contributed by atoms with E-state index in [-0.39, 0.29) is 9.92 Å². The van der Waals surface area contributed by atoms with Gasteiger partial charge in [0.15, 0.2) is 0 Å². The Balaban J connectivity index is 1.86. The minimum absolute atomic E-state index is 0.0665. The van der Waals surface area contributed by atoms with E-state index in [2.05, 4.69) is 15.0 Å². The predicted molar refractivity (Wildman–Crippen MR) is 99.3 cm³/mol. The average molecular weight is 380 g/mol. The Bertz CT molecular complexity index is 913. The molecule has 0 saturated carbocycles. The van der Waals surface area contributed by atoms with Crippen LogP contribution >= 0.6 is 11.6 Å². The van der Waals surface area contributed by atoms with Crippen LogP contribution in [0.5, 0.6) is 5.75 Å². The highest BCUT2D eigenvalue weighted by Crippen LogP contribution is 2.28. The van der Waals surface area contributed by atoms with Crippen LogP contribution in [0.15, 0.2) is 52.4 Å². The molecule has 0 fully saturated rings. The summed E-state index contributed by atoms with van der Waals surface area (Å²) >= 11 is 6.02. The first-order valence-corrected chi connectivity index (χ1v) is 9.61. The monoisotopic (exact) mass is 379 g/mol.